The second-order valence-corrected chi connectivity index (χ2v) is 10.4. The molecule has 1 aliphatic rings. The van der Waals surface area contributed by atoms with E-state index in [0.29, 0.717) is 31.9 Å². The van der Waals surface area contributed by atoms with Crippen LogP contribution in [0, 0.1) is 6.92 Å². The largest absolute Gasteiger partial charge is 0.482 e. The lowest BCUT2D eigenvalue weighted by molar-refractivity contribution is -0.142. The van der Waals surface area contributed by atoms with Gasteiger partial charge in [0.1, 0.15) is 5.75 Å². The van der Waals surface area contributed by atoms with Gasteiger partial charge in [-0.25, -0.2) is 18.2 Å². The van der Waals surface area contributed by atoms with Crippen molar-refractivity contribution in [2.45, 2.75) is 11.8 Å². The minimum absolute atomic E-state index is 0.192. The summed E-state index contributed by atoms with van der Waals surface area (Å²) in [5.41, 5.74) is 3.21. The average molecular weight is 488 g/mol. The lowest BCUT2D eigenvalue weighted by Gasteiger charge is -2.33. The van der Waals surface area contributed by atoms with E-state index in [4.69, 9.17) is 9.72 Å². The van der Waals surface area contributed by atoms with Gasteiger partial charge in [0, 0.05) is 37.1 Å². The third kappa shape index (κ3) is 5.35. The van der Waals surface area contributed by atoms with Crippen molar-refractivity contribution in [2.75, 3.05) is 44.8 Å². The number of aromatic nitrogens is 1. The van der Waals surface area contributed by atoms with Gasteiger partial charge < -0.3 is 14.4 Å². The van der Waals surface area contributed by atoms with Crippen molar-refractivity contribution < 1.29 is 22.7 Å². The molecule has 33 heavy (non-hydrogen) atoms. The van der Waals surface area contributed by atoms with Crippen molar-refractivity contribution >= 4 is 32.5 Å². The van der Waals surface area contributed by atoms with E-state index in [9.17, 15) is 13.2 Å². The molecule has 4 rings (SSSR count). The normalized spacial score (nSPS) is 14.8. The Kier molecular flexibility index (Phi) is 6.96. The summed E-state index contributed by atoms with van der Waals surface area (Å²) < 4.78 is 37.4. The van der Waals surface area contributed by atoms with Crippen LogP contribution in [-0.4, -0.2) is 63.6 Å². The molecule has 3 aromatic rings. The molecule has 8 nitrogen and oxygen atoms in total. The molecule has 0 N–H and O–H groups in total. The molecule has 1 fully saturated rings. The van der Waals surface area contributed by atoms with Gasteiger partial charge in [-0.1, -0.05) is 29.8 Å². The molecule has 2 aromatic carbocycles. The number of benzene rings is 2. The maximum atomic E-state index is 13.1. The van der Waals surface area contributed by atoms with Crippen LogP contribution in [0.2, 0.25) is 0 Å². The van der Waals surface area contributed by atoms with E-state index in [1.54, 1.807) is 11.3 Å². The van der Waals surface area contributed by atoms with Crippen LogP contribution in [0.4, 0.5) is 5.13 Å². The molecule has 1 saturated heterocycles. The second-order valence-electron chi connectivity index (χ2n) is 7.61. The molecule has 0 amide bonds. The lowest BCUT2D eigenvalue weighted by atomic mass is 10.1. The number of ether oxygens (including phenoxy) is 2. The van der Waals surface area contributed by atoms with E-state index < -0.39 is 16.0 Å². The second kappa shape index (κ2) is 9.90. The van der Waals surface area contributed by atoms with Crippen molar-refractivity contribution in [2.24, 2.45) is 0 Å². The number of aryl methyl sites for hydroxylation is 1. The summed E-state index contributed by atoms with van der Waals surface area (Å²) in [4.78, 5) is 18.2. The zero-order chi connectivity index (χ0) is 23.4. The van der Waals surface area contributed by atoms with Crippen molar-refractivity contribution in [1.82, 2.24) is 9.29 Å². The van der Waals surface area contributed by atoms with Crippen LogP contribution >= 0.6 is 11.3 Å². The fraction of sp³-hybridized carbons (Fsp3) is 0.304. The van der Waals surface area contributed by atoms with Crippen LogP contribution in [0.3, 0.4) is 0 Å². The summed E-state index contributed by atoms with van der Waals surface area (Å²) in [6, 6.07) is 14.3. The van der Waals surface area contributed by atoms with Crippen molar-refractivity contribution in [1.29, 1.82) is 0 Å². The minimum Gasteiger partial charge on any atom is -0.482 e. The number of esters is 1. The van der Waals surface area contributed by atoms with Crippen molar-refractivity contribution in [3.05, 3.63) is 59.5 Å². The van der Waals surface area contributed by atoms with Gasteiger partial charge >= 0.3 is 5.97 Å². The monoisotopic (exact) mass is 487 g/mol. The topological polar surface area (TPSA) is 89.0 Å². The molecule has 0 atom stereocenters. The average Bonchev–Trinajstić information content (AvgIpc) is 3.33. The highest BCUT2D eigenvalue weighted by molar-refractivity contribution is 7.89. The number of rotatable bonds is 7. The number of piperazine rings is 1. The number of anilines is 1. The number of methoxy groups -OCH3 is 1. The summed E-state index contributed by atoms with van der Waals surface area (Å²) in [5, 5.41) is 2.93. The quantitative estimate of drug-likeness (QED) is 0.473. The zero-order valence-electron chi connectivity index (χ0n) is 18.4. The first-order chi connectivity index (χ1) is 15.9. The Hall–Kier alpha value is -2.95. The summed E-state index contributed by atoms with van der Waals surface area (Å²) in [7, 11) is -2.34. The Balaban J connectivity index is 1.37. The zero-order valence-corrected chi connectivity index (χ0v) is 20.1. The molecule has 2 heterocycles. The number of hydrogen-bond acceptors (Lipinski definition) is 8. The molecule has 0 radical (unpaired) electrons. The van der Waals surface area contributed by atoms with Gasteiger partial charge in [-0.05, 0) is 31.2 Å². The highest BCUT2D eigenvalue weighted by atomic mass is 32.2. The van der Waals surface area contributed by atoms with Gasteiger partial charge in [-0.3, -0.25) is 0 Å². The van der Waals surface area contributed by atoms with Gasteiger partial charge in [0.25, 0.3) is 0 Å². The number of nitrogens with zero attached hydrogens (tertiary/aromatic N) is 3. The molecule has 0 saturated carbocycles. The number of carbonyl (C=O) groups excluding carboxylic acids is 1. The third-order valence-electron chi connectivity index (χ3n) is 5.39. The summed E-state index contributed by atoms with van der Waals surface area (Å²) in [6.45, 7) is 3.72. The van der Waals surface area contributed by atoms with Crippen molar-refractivity contribution in [3.63, 3.8) is 0 Å². The SMILES string of the molecule is COC(=O)COc1ccc(S(=O)(=O)N2CCN(c3nc(-c4ccc(C)cc4)cs3)CC2)cc1. The predicted octanol–water partition coefficient (Wildman–Crippen LogP) is 3.18. The Bertz CT molecular complexity index is 1200. The molecule has 0 unspecified atom stereocenters. The summed E-state index contributed by atoms with van der Waals surface area (Å²) >= 11 is 1.57. The lowest BCUT2D eigenvalue weighted by Crippen LogP contribution is -2.48. The smallest absolute Gasteiger partial charge is 0.343 e. The van der Waals surface area contributed by atoms with Crippen molar-refractivity contribution in [3.8, 4) is 17.0 Å². The van der Waals surface area contributed by atoms with Gasteiger partial charge in [0.2, 0.25) is 10.0 Å². The Morgan fingerprint density at radius 3 is 2.33 bits per heavy atom. The van der Waals surface area contributed by atoms with Crippen LogP contribution in [0.15, 0.2) is 58.8 Å². The van der Waals surface area contributed by atoms with Crippen LogP contribution in [0.25, 0.3) is 11.3 Å². The number of carbonyl (C=O) groups is 1. The Morgan fingerprint density at radius 1 is 1.03 bits per heavy atom. The molecule has 1 aromatic heterocycles. The first-order valence-corrected chi connectivity index (χ1v) is 12.8. The highest BCUT2D eigenvalue weighted by Crippen LogP contribution is 2.29. The fourth-order valence-corrected chi connectivity index (χ4v) is 5.75. The number of sulfonamides is 1. The fourth-order valence-electron chi connectivity index (χ4n) is 3.44. The number of thiazole rings is 1. The van der Waals surface area contributed by atoms with Crippen LogP contribution in [-0.2, 0) is 19.6 Å². The van der Waals surface area contributed by atoms with Gasteiger partial charge in [0.15, 0.2) is 11.7 Å². The summed E-state index contributed by atoms with van der Waals surface area (Å²) in [5.74, 6) is -0.104. The Morgan fingerprint density at radius 2 is 1.70 bits per heavy atom. The molecule has 0 spiro atoms. The van der Waals surface area contributed by atoms with Gasteiger partial charge in [-0.15, -0.1) is 11.3 Å². The standard InChI is InChI=1S/C23H25N3O5S2/c1-17-3-5-18(6-4-17)21-16-32-23(24-21)25-11-13-26(14-12-25)33(28,29)20-9-7-19(8-10-20)31-15-22(27)30-2/h3-10,16H,11-15H2,1-2H3. The highest BCUT2D eigenvalue weighted by Gasteiger charge is 2.29. The molecular weight excluding hydrogens is 462 g/mol. The van der Waals surface area contributed by atoms with E-state index in [-0.39, 0.29) is 11.5 Å². The van der Waals surface area contributed by atoms with E-state index in [1.165, 1.54) is 41.2 Å². The molecule has 0 bridgehead atoms. The molecule has 0 aliphatic carbocycles. The predicted molar refractivity (Wildman–Crippen MR) is 127 cm³/mol. The van der Waals surface area contributed by atoms with Crippen LogP contribution in [0.1, 0.15) is 5.56 Å². The summed E-state index contributed by atoms with van der Waals surface area (Å²) in [6.07, 6.45) is 0. The van der Waals surface area contributed by atoms with Gasteiger partial charge in [-0.2, -0.15) is 4.31 Å². The third-order valence-corrected chi connectivity index (χ3v) is 8.21. The van der Waals surface area contributed by atoms with E-state index >= 15 is 0 Å². The van der Waals surface area contributed by atoms with Crippen LogP contribution < -0.4 is 9.64 Å². The minimum atomic E-state index is -3.62. The number of hydrogen-bond donors (Lipinski definition) is 0. The van der Waals surface area contributed by atoms with Crippen LogP contribution in [0.5, 0.6) is 5.75 Å². The Labute approximate surface area is 197 Å². The maximum absolute atomic E-state index is 13.1. The van der Waals surface area contributed by atoms with E-state index in [1.807, 2.05) is 5.38 Å². The van der Waals surface area contributed by atoms with Gasteiger partial charge in [0.05, 0.1) is 17.7 Å². The molecule has 174 valence electrons. The first-order valence-electron chi connectivity index (χ1n) is 10.4. The van der Waals surface area contributed by atoms with E-state index in [0.717, 1.165) is 16.4 Å². The molecule has 1 aliphatic heterocycles. The first kappa shape index (κ1) is 23.2. The molecular formula is C23H25N3O5S2. The maximum Gasteiger partial charge on any atom is 0.343 e. The molecule has 10 heteroatoms. The van der Waals surface area contributed by atoms with E-state index in [2.05, 4.69) is 40.8 Å².